The Kier molecular flexibility index (Phi) is 6.67. The van der Waals surface area contributed by atoms with Crippen molar-refractivity contribution < 1.29 is 19.1 Å². The largest absolute Gasteiger partial charge is 0.444 e. The van der Waals surface area contributed by atoms with Gasteiger partial charge in [-0.3, -0.25) is 10.1 Å². The molecule has 0 spiro atoms. The highest BCUT2D eigenvalue weighted by atomic mass is 32.1. The number of benzene rings is 1. The quantitative estimate of drug-likeness (QED) is 0.667. The fraction of sp³-hybridized carbons (Fsp3) is 0.294. The van der Waals surface area contributed by atoms with Crippen LogP contribution in [0.2, 0.25) is 0 Å². The molecule has 1 aromatic carbocycles. The maximum atomic E-state index is 12.6. The molecule has 1 atom stereocenters. The van der Waals surface area contributed by atoms with Gasteiger partial charge in [0.1, 0.15) is 10.6 Å². The van der Waals surface area contributed by atoms with Crippen molar-refractivity contribution in [1.82, 2.24) is 15.0 Å². The van der Waals surface area contributed by atoms with Crippen molar-refractivity contribution in [2.24, 2.45) is 0 Å². The van der Waals surface area contributed by atoms with Crippen molar-refractivity contribution in [2.45, 2.75) is 20.0 Å². The van der Waals surface area contributed by atoms with Crippen molar-refractivity contribution >= 4 is 34.4 Å². The Morgan fingerprint density at radius 2 is 1.92 bits per heavy atom. The fourth-order valence-electron chi connectivity index (χ4n) is 2.23. The molecule has 8 nitrogen and oxygen atoms in total. The number of rotatable bonds is 6. The summed E-state index contributed by atoms with van der Waals surface area (Å²) in [5, 5.41) is 8.06. The number of ether oxygens (including phenoxy) is 1. The van der Waals surface area contributed by atoms with Crippen LogP contribution in [0.25, 0.3) is 0 Å². The number of carbonyl (C=O) groups excluding carboxylic acids is 3. The van der Waals surface area contributed by atoms with E-state index in [0.29, 0.717) is 22.8 Å². The smallest absolute Gasteiger partial charge is 0.344 e. The predicted octanol–water partition coefficient (Wildman–Crippen LogP) is 2.24. The molecule has 0 aliphatic rings. The SMILES string of the molecule is CCNC(=O)NC(=O)[C@@H](OC(=O)c1c(C)nsc1NC)c1ccccc1. The van der Waals surface area contributed by atoms with Crippen LogP contribution in [0.3, 0.4) is 0 Å². The molecule has 1 aromatic heterocycles. The van der Waals surface area contributed by atoms with Gasteiger partial charge in [0.15, 0.2) is 0 Å². The molecule has 3 N–H and O–H groups in total. The first-order valence-electron chi connectivity index (χ1n) is 7.96. The maximum Gasteiger partial charge on any atom is 0.344 e. The Hall–Kier alpha value is -2.94. The standard InChI is InChI=1S/C17H20N4O4S/c1-4-19-17(24)20-14(22)13(11-8-6-5-7-9-11)25-16(23)12-10(2)21-26-15(12)18-3/h5-9,13,18H,4H2,1-3H3,(H2,19,20,22,24)/t13-/m0/s1. The second-order valence-corrected chi connectivity index (χ2v) is 6.04. The lowest BCUT2D eigenvalue weighted by Crippen LogP contribution is -2.42. The summed E-state index contributed by atoms with van der Waals surface area (Å²) < 4.78 is 9.56. The summed E-state index contributed by atoms with van der Waals surface area (Å²) in [6.07, 6.45) is -1.27. The van der Waals surface area contributed by atoms with Gasteiger partial charge < -0.3 is 15.4 Å². The molecule has 0 radical (unpaired) electrons. The third kappa shape index (κ3) is 4.57. The van der Waals surface area contributed by atoms with Gasteiger partial charge in [0, 0.05) is 19.2 Å². The number of esters is 1. The Morgan fingerprint density at radius 1 is 1.23 bits per heavy atom. The highest BCUT2D eigenvalue weighted by Crippen LogP contribution is 2.27. The number of urea groups is 1. The number of aromatic nitrogens is 1. The number of nitrogens with zero attached hydrogens (tertiary/aromatic N) is 1. The van der Waals surface area contributed by atoms with Gasteiger partial charge >= 0.3 is 12.0 Å². The van der Waals surface area contributed by atoms with Crippen molar-refractivity contribution in [1.29, 1.82) is 0 Å². The van der Waals surface area contributed by atoms with Crippen molar-refractivity contribution in [3.63, 3.8) is 0 Å². The Labute approximate surface area is 155 Å². The van der Waals surface area contributed by atoms with Crippen LogP contribution in [0.5, 0.6) is 0 Å². The number of anilines is 1. The lowest BCUT2D eigenvalue weighted by Gasteiger charge is -2.18. The molecule has 2 rings (SSSR count). The zero-order chi connectivity index (χ0) is 19.1. The summed E-state index contributed by atoms with van der Waals surface area (Å²) in [6, 6.07) is 7.84. The van der Waals surface area contributed by atoms with E-state index in [2.05, 4.69) is 20.3 Å². The van der Waals surface area contributed by atoms with Crippen molar-refractivity contribution in [3.8, 4) is 0 Å². The van der Waals surface area contributed by atoms with E-state index in [-0.39, 0.29) is 5.56 Å². The average Bonchev–Trinajstić information content (AvgIpc) is 3.01. The number of hydrogen-bond donors (Lipinski definition) is 3. The lowest BCUT2D eigenvalue weighted by atomic mass is 10.1. The summed E-state index contributed by atoms with van der Waals surface area (Å²) in [6.45, 7) is 3.77. The van der Waals surface area contributed by atoms with E-state index < -0.39 is 24.0 Å². The molecule has 138 valence electrons. The summed E-state index contributed by atoms with van der Waals surface area (Å²) >= 11 is 1.13. The minimum Gasteiger partial charge on any atom is -0.444 e. The van der Waals surface area contributed by atoms with E-state index in [1.807, 2.05) is 0 Å². The van der Waals surface area contributed by atoms with Gasteiger partial charge in [0.05, 0.1) is 5.69 Å². The van der Waals surface area contributed by atoms with Gasteiger partial charge in [-0.25, -0.2) is 9.59 Å². The van der Waals surface area contributed by atoms with E-state index in [0.717, 1.165) is 11.5 Å². The van der Waals surface area contributed by atoms with Gasteiger partial charge in [0.25, 0.3) is 5.91 Å². The molecule has 3 amide bonds. The number of amides is 3. The van der Waals surface area contributed by atoms with Gasteiger partial charge in [-0.2, -0.15) is 4.37 Å². The average molecular weight is 376 g/mol. The van der Waals surface area contributed by atoms with Crippen LogP contribution in [-0.4, -0.2) is 35.9 Å². The number of imide groups is 1. The van der Waals surface area contributed by atoms with Crippen LogP contribution < -0.4 is 16.0 Å². The van der Waals surface area contributed by atoms with Crippen LogP contribution in [0.1, 0.15) is 34.6 Å². The van der Waals surface area contributed by atoms with E-state index in [1.165, 1.54) is 0 Å². The number of carbonyl (C=O) groups is 3. The van der Waals surface area contributed by atoms with Crippen LogP contribution in [0.4, 0.5) is 9.80 Å². The fourth-order valence-corrected chi connectivity index (χ4v) is 2.96. The van der Waals surface area contributed by atoms with E-state index in [1.54, 1.807) is 51.2 Å². The van der Waals surface area contributed by atoms with Crippen LogP contribution in [0.15, 0.2) is 30.3 Å². The normalized spacial score (nSPS) is 11.3. The zero-order valence-electron chi connectivity index (χ0n) is 14.7. The molecule has 0 saturated heterocycles. The summed E-state index contributed by atoms with van der Waals surface area (Å²) in [7, 11) is 1.67. The molecule has 0 fully saturated rings. The second-order valence-electron chi connectivity index (χ2n) is 5.27. The third-order valence-corrected chi connectivity index (χ3v) is 4.39. The minimum absolute atomic E-state index is 0.268. The van der Waals surface area contributed by atoms with E-state index in [9.17, 15) is 14.4 Å². The number of nitrogens with one attached hydrogen (secondary N) is 3. The number of aryl methyl sites for hydroxylation is 1. The van der Waals surface area contributed by atoms with E-state index in [4.69, 9.17) is 4.74 Å². The van der Waals surface area contributed by atoms with Crippen molar-refractivity contribution in [3.05, 3.63) is 47.2 Å². The van der Waals surface area contributed by atoms with Gasteiger partial charge in [0.2, 0.25) is 6.10 Å². The molecule has 9 heteroatoms. The summed E-state index contributed by atoms with van der Waals surface area (Å²) in [5.74, 6) is -1.43. The number of hydrogen-bond acceptors (Lipinski definition) is 7. The molecule has 0 bridgehead atoms. The summed E-state index contributed by atoms with van der Waals surface area (Å²) in [5.41, 5.74) is 1.22. The van der Waals surface area contributed by atoms with Crippen LogP contribution in [-0.2, 0) is 9.53 Å². The molecule has 26 heavy (non-hydrogen) atoms. The first kappa shape index (κ1) is 19.4. The van der Waals surface area contributed by atoms with Crippen LogP contribution >= 0.6 is 11.5 Å². The molecular formula is C17H20N4O4S. The third-order valence-electron chi connectivity index (χ3n) is 3.43. The Balaban J connectivity index is 2.27. The monoisotopic (exact) mass is 376 g/mol. The van der Waals surface area contributed by atoms with E-state index >= 15 is 0 Å². The molecule has 0 aliphatic carbocycles. The molecule has 0 unspecified atom stereocenters. The highest BCUT2D eigenvalue weighted by molar-refractivity contribution is 7.10. The van der Waals surface area contributed by atoms with Crippen LogP contribution in [0, 0.1) is 6.92 Å². The topological polar surface area (TPSA) is 109 Å². The van der Waals surface area contributed by atoms with Crippen molar-refractivity contribution in [2.75, 3.05) is 18.9 Å². The first-order chi connectivity index (χ1) is 12.5. The Bertz CT molecular complexity index is 791. The highest BCUT2D eigenvalue weighted by Gasteiger charge is 2.29. The van der Waals surface area contributed by atoms with Gasteiger partial charge in [-0.05, 0) is 25.4 Å². The molecule has 0 saturated carbocycles. The summed E-state index contributed by atoms with van der Waals surface area (Å²) in [4.78, 5) is 36.8. The molecule has 0 aliphatic heterocycles. The maximum absolute atomic E-state index is 12.6. The Morgan fingerprint density at radius 3 is 2.54 bits per heavy atom. The van der Waals surface area contributed by atoms with Gasteiger partial charge in [-0.1, -0.05) is 30.3 Å². The molecule has 2 aromatic rings. The molecular weight excluding hydrogens is 356 g/mol. The second kappa shape index (κ2) is 8.95. The minimum atomic E-state index is -1.27. The lowest BCUT2D eigenvalue weighted by molar-refractivity contribution is -0.129. The van der Waals surface area contributed by atoms with Gasteiger partial charge in [-0.15, -0.1) is 0 Å². The first-order valence-corrected chi connectivity index (χ1v) is 8.73. The predicted molar refractivity (Wildman–Crippen MR) is 98.2 cm³/mol. The zero-order valence-corrected chi connectivity index (χ0v) is 15.5. The molecule has 1 heterocycles.